The predicted octanol–water partition coefficient (Wildman–Crippen LogP) is 2.65. The van der Waals surface area contributed by atoms with Crippen LogP contribution in [0.3, 0.4) is 0 Å². The minimum Gasteiger partial charge on any atom is -0.485 e. The van der Waals surface area contributed by atoms with Crippen molar-refractivity contribution in [1.29, 1.82) is 0 Å². The number of imidazole rings is 1. The van der Waals surface area contributed by atoms with E-state index in [0.29, 0.717) is 21.3 Å². The largest absolute Gasteiger partial charge is 0.485 e. The molecule has 2 aromatic rings. The molecule has 0 aliphatic heterocycles. The Morgan fingerprint density at radius 2 is 1.95 bits per heavy atom. The highest BCUT2D eigenvalue weighted by atomic mass is 79.9. The molecule has 0 fully saturated rings. The average molecular weight is 439 g/mol. The normalized spacial score (nSPS) is 11.6. The number of primary sulfonamides is 1. The van der Waals surface area contributed by atoms with Gasteiger partial charge in [0.2, 0.25) is 10.0 Å². The number of nitrogens with zero attached hydrogens (tertiary/aromatic N) is 2. The van der Waals surface area contributed by atoms with Gasteiger partial charge in [0.1, 0.15) is 12.4 Å². The monoisotopic (exact) mass is 437 g/mol. The molecule has 0 amide bonds. The summed E-state index contributed by atoms with van der Waals surface area (Å²) < 4.78 is 31.4. The first kappa shape index (κ1) is 16.5. The van der Waals surface area contributed by atoms with E-state index in [4.69, 9.17) is 9.88 Å². The van der Waals surface area contributed by atoms with E-state index >= 15 is 0 Å². The lowest BCUT2D eigenvalue weighted by atomic mass is 10.3. The second-order valence-electron chi connectivity index (χ2n) is 4.22. The summed E-state index contributed by atoms with van der Waals surface area (Å²) in [5.74, 6) is 0.506. The van der Waals surface area contributed by atoms with Gasteiger partial charge in [0.15, 0.2) is 0 Å². The van der Waals surface area contributed by atoms with Gasteiger partial charge in [-0.2, -0.15) is 0 Å². The molecule has 0 bridgehead atoms. The van der Waals surface area contributed by atoms with E-state index in [2.05, 4.69) is 36.8 Å². The van der Waals surface area contributed by atoms with Crippen molar-refractivity contribution in [3.05, 3.63) is 39.3 Å². The van der Waals surface area contributed by atoms with Crippen LogP contribution in [0.1, 0.15) is 12.6 Å². The van der Waals surface area contributed by atoms with E-state index in [1.807, 2.05) is 11.5 Å². The third-order valence-electron chi connectivity index (χ3n) is 2.80. The van der Waals surface area contributed by atoms with Crippen molar-refractivity contribution in [2.24, 2.45) is 5.14 Å². The highest BCUT2D eigenvalue weighted by molar-refractivity contribution is 9.11. The SMILES string of the molecule is CCn1cncc1COc1c(Br)cc(S(N)(=O)=O)cc1Br. The van der Waals surface area contributed by atoms with Gasteiger partial charge in [-0.25, -0.2) is 18.5 Å². The summed E-state index contributed by atoms with van der Waals surface area (Å²) in [6.07, 6.45) is 3.46. The fourth-order valence-corrected chi connectivity index (χ4v) is 4.02. The Bertz CT molecular complexity index is 736. The maximum absolute atomic E-state index is 11.4. The molecule has 0 aliphatic carbocycles. The highest BCUT2D eigenvalue weighted by Gasteiger charge is 2.15. The Balaban J connectivity index is 2.25. The third-order valence-corrected chi connectivity index (χ3v) is 4.87. The zero-order valence-electron chi connectivity index (χ0n) is 11.1. The van der Waals surface area contributed by atoms with Gasteiger partial charge < -0.3 is 9.30 Å². The Hall–Kier alpha value is -0.900. The molecule has 0 spiro atoms. The number of ether oxygens (including phenoxy) is 1. The number of hydrogen-bond donors (Lipinski definition) is 1. The van der Waals surface area contributed by atoms with Gasteiger partial charge in [-0.3, -0.25) is 0 Å². The summed E-state index contributed by atoms with van der Waals surface area (Å²) in [7, 11) is -3.76. The lowest BCUT2D eigenvalue weighted by Crippen LogP contribution is -2.12. The number of benzene rings is 1. The van der Waals surface area contributed by atoms with Crippen molar-refractivity contribution >= 4 is 41.9 Å². The van der Waals surface area contributed by atoms with Crippen molar-refractivity contribution in [1.82, 2.24) is 9.55 Å². The number of hydrogen-bond acceptors (Lipinski definition) is 4. The van der Waals surface area contributed by atoms with Gasteiger partial charge in [-0.1, -0.05) is 0 Å². The molecular formula is C12H13Br2N3O3S. The number of aromatic nitrogens is 2. The molecule has 2 rings (SSSR count). The fourth-order valence-electron chi connectivity index (χ4n) is 1.74. The van der Waals surface area contributed by atoms with Crippen molar-refractivity contribution in [2.45, 2.75) is 25.0 Å². The Kier molecular flexibility index (Phi) is 5.07. The summed E-state index contributed by atoms with van der Waals surface area (Å²) in [6, 6.07) is 2.82. The van der Waals surface area contributed by atoms with Gasteiger partial charge in [-0.15, -0.1) is 0 Å². The Morgan fingerprint density at radius 3 is 2.48 bits per heavy atom. The van der Waals surface area contributed by atoms with E-state index in [9.17, 15) is 8.42 Å². The number of nitrogens with two attached hydrogens (primary N) is 1. The number of rotatable bonds is 5. The van der Waals surface area contributed by atoms with Crippen molar-refractivity contribution in [2.75, 3.05) is 0 Å². The van der Waals surface area contributed by atoms with Gasteiger partial charge in [0.05, 0.1) is 32.1 Å². The van der Waals surface area contributed by atoms with Crippen LogP contribution in [0.15, 0.2) is 38.5 Å². The summed E-state index contributed by atoms with van der Waals surface area (Å²) in [6.45, 7) is 3.13. The van der Waals surface area contributed by atoms with E-state index in [1.165, 1.54) is 12.1 Å². The molecule has 0 atom stereocenters. The van der Waals surface area contributed by atoms with E-state index in [0.717, 1.165) is 12.2 Å². The second-order valence-corrected chi connectivity index (χ2v) is 7.49. The van der Waals surface area contributed by atoms with Crippen LogP contribution in [-0.4, -0.2) is 18.0 Å². The van der Waals surface area contributed by atoms with Crippen LogP contribution in [0.5, 0.6) is 5.75 Å². The molecule has 21 heavy (non-hydrogen) atoms. The molecule has 6 nitrogen and oxygen atoms in total. The smallest absolute Gasteiger partial charge is 0.238 e. The summed E-state index contributed by atoms with van der Waals surface area (Å²) in [4.78, 5) is 4.07. The number of halogens is 2. The average Bonchev–Trinajstić information content (AvgIpc) is 2.84. The first-order valence-corrected chi connectivity index (χ1v) is 9.09. The van der Waals surface area contributed by atoms with Crippen LogP contribution in [0, 0.1) is 0 Å². The second kappa shape index (κ2) is 6.47. The van der Waals surface area contributed by atoms with Gasteiger partial charge >= 0.3 is 0 Å². The molecule has 1 aromatic heterocycles. The quantitative estimate of drug-likeness (QED) is 0.777. The maximum Gasteiger partial charge on any atom is 0.238 e. The minimum absolute atomic E-state index is 0.00667. The maximum atomic E-state index is 11.4. The van der Waals surface area contributed by atoms with Crippen LogP contribution in [-0.2, 0) is 23.2 Å². The topological polar surface area (TPSA) is 87.2 Å². The molecule has 9 heteroatoms. The number of aryl methyl sites for hydroxylation is 1. The first-order chi connectivity index (χ1) is 9.82. The van der Waals surface area contributed by atoms with Gasteiger partial charge in [-0.05, 0) is 50.9 Å². The van der Waals surface area contributed by atoms with Crippen LogP contribution in [0.4, 0.5) is 0 Å². The molecule has 0 radical (unpaired) electrons. The van der Waals surface area contributed by atoms with Gasteiger partial charge in [0.25, 0.3) is 0 Å². The lowest BCUT2D eigenvalue weighted by molar-refractivity contribution is 0.291. The molecular weight excluding hydrogens is 426 g/mol. The van der Waals surface area contributed by atoms with Crippen molar-refractivity contribution in [3.8, 4) is 5.75 Å². The molecule has 1 heterocycles. The first-order valence-electron chi connectivity index (χ1n) is 5.96. The Labute approximate surface area is 139 Å². The third kappa shape index (κ3) is 3.85. The molecule has 114 valence electrons. The zero-order chi connectivity index (χ0) is 15.6. The van der Waals surface area contributed by atoms with E-state index < -0.39 is 10.0 Å². The molecule has 0 aliphatic rings. The van der Waals surface area contributed by atoms with Crippen LogP contribution in [0.2, 0.25) is 0 Å². The van der Waals surface area contributed by atoms with E-state index in [1.54, 1.807) is 12.5 Å². The summed E-state index contributed by atoms with van der Waals surface area (Å²) >= 11 is 6.59. The van der Waals surface area contributed by atoms with Crippen molar-refractivity contribution in [3.63, 3.8) is 0 Å². The lowest BCUT2D eigenvalue weighted by Gasteiger charge is -2.12. The standard InChI is InChI=1S/C12H13Br2N3O3S/c1-2-17-7-16-5-8(17)6-20-12-10(13)3-9(4-11(12)14)21(15,18)19/h3-5,7H,2,6H2,1H3,(H2,15,18,19). The van der Waals surface area contributed by atoms with E-state index in [-0.39, 0.29) is 4.90 Å². The van der Waals surface area contributed by atoms with Crippen LogP contribution < -0.4 is 9.88 Å². The van der Waals surface area contributed by atoms with Crippen molar-refractivity contribution < 1.29 is 13.2 Å². The van der Waals surface area contributed by atoms with Gasteiger partial charge in [0, 0.05) is 6.54 Å². The fraction of sp³-hybridized carbons (Fsp3) is 0.250. The van der Waals surface area contributed by atoms with Crippen LogP contribution in [0.25, 0.3) is 0 Å². The minimum atomic E-state index is -3.76. The molecule has 2 N–H and O–H groups in total. The number of sulfonamides is 1. The molecule has 0 saturated carbocycles. The Morgan fingerprint density at radius 1 is 1.33 bits per heavy atom. The molecule has 1 aromatic carbocycles. The summed E-state index contributed by atoms with van der Waals surface area (Å²) in [5.41, 5.74) is 0.923. The molecule has 0 unspecified atom stereocenters. The summed E-state index contributed by atoms with van der Waals surface area (Å²) in [5, 5.41) is 5.11. The predicted molar refractivity (Wildman–Crippen MR) is 85.4 cm³/mol. The zero-order valence-corrected chi connectivity index (χ0v) is 15.1. The highest BCUT2D eigenvalue weighted by Crippen LogP contribution is 2.36. The van der Waals surface area contributed by atoms with Crippen LogP contribution >= 0.6 is 31.9 Å². The molecule has 0 saturated heterocycles.